The van der Waals surface area contributed by atoms with Crippen LogP contribution in [0, 0.1) is 0 Å². The van der Waals surface area contributed by atoms with E-state index < -0.39 is 35.0 Å². The number of aromatic nitrogens is 1. The van der Waals surface area contributed by atoms with Crippen molar-refractivity contribution >= 4 is 11.6 Å². The van der Waals surface area contributed by atoms with E-state index in [1.165, 1.54) is 0 Å². The molecule has 90 valence electrons. The quantitative estimate of drug-likeness (QED) is 0.831. The smallest absolute Gasteiger partial charge is 0.390 e. The minimum Gasteiger partial charge on any atom is -0.390 e. The van der Waals surface area contributed by atoms with Gasteiger partial charge < -0.3 is 5.11 Å². The highest BCUT2D eigenvalue weighted by molar-refractivity contribution is 6.31. The molecule has 0 saturated heterocycles. The van der Waals surface area contributed by atoms with Crippen LogP contribution in [0.2, 0.25) is 5.02 Å². The van der Waals surface area contributed by atoms with Gasteiger partial charge in [0, 0.05) is 6.20 Å². The van der Waals surface area contributed by atoms with E-state index in [0.29, 0.717) is 6.07 Å². The molecule has 1 aromatic rings. The van der Waals surface area contributed by atoms with E-state index in [9.17, 15) is 22.0 Å². The normalized spacial score (nSPS) is 12.9. The molecule has 0 unspecified atom stereocenters. The molecule has 0 fully saturated rings. The van der Waals surface area contributed by atoms with Gasteiger partial charge in [0.25, 0.3) is 0 Å². The molecule has 0 bridgehead atoms. The number of aliphatic hydroxyl groups excluding tert-OH is 1. The second kappa shape index (κ2) is 4.14. The number of hydrogen-bond donors (Lipinski definition) is 1. The van der Waals surface area contributed by atoms with Crippen molar-refractivity contribution in [2.45, 2.75) is 12.1 Å². The predicted octanol–water partition coefficient (Wildman–Crippen LogP) is 2.84. The van der Waals surface area contributed by atoms with E-state index in [-0.39, 0.29) is 6.20 Å². The number of rotatable bonds is 2. The Morgan fingerprint density at radius 3 is 2.19 bits per heavy atom. The lowest BCUT2D eigenvalue weighted by atomic mass is 10.2. The average molecular weight is 262 g/mol. The van der Waals surface area contributed by atoms with Crippen LogP contribution < -0.4 is 0 Å². The molecule has 0 radical (unpaired) electrons. The summed E-state index contributed by atoms with van der Waals surface area (Å²) in [6, 6.07) is 0.341. The van der Waals surface area contributed by atoms with E-state index in [1.54, 1.807) is 0 Å². The third-order valence-electron chi connectivity index (χ3n) is 1.71. The van der Waals surface area contributed by atoms with E-state index in [1.807, 2.05) is 0 Å². The molecule has 8 heteroatoms. The summed E-state index contributed by atoms with van der Waals surface area (Å²) in [5.74, 6) is -3.76. The zero-order valence-corrected chi connectivity index (χ0v) is 8.28. The standard InChI is InChI=1S/C8H5ClF5NO/c9-5-1-4(8(12,13)14)2-15-6(5)7(10,11)3-16/h1-2,16H,3H2. The minimum absolute atomic E-state index is 0.241. The van der Waals surface area contributed by atoms with Gasteiger partial charge in [0.1, 0.15) is 12.3 Å². The highest BCUT2D eigenvalue weighted by atomic mass is 35.5. The fraction of sp³-hybridized carbons (Fsp3) is 0.375. The van der Waals surface area contributed by atoms with E-state index >= 15 is 0 Å². The summed E-state index contributed by atoms with van der Waals surface area (Å²) in [7, 11) is 0. The molecule has 1 aromatic heterocycles. The van der Waals surface area contributed by atoms with Gasteiger partial charge in [0.2, 0.25) is 0 Å². The molecule has 1 N–H and O–H groups in total. The summed E-state index contributed by atoms with van der Waals surface area (Å²) in [5, 5.41) is 7.49. The molecule has 0 saturated carbocycles. The molecule has 1 rings (SSSR count). The maximum Gasteiger partial charge on any atom is 0.417 e. The van der Waals surface area contributed by atoms with Gasteiger partial charge in [-0.15, -0.1) is 0 Å². The van der Waals surface area contributed by atoms with Crippen molar-refractivity contribution in [3.63, 3.8) is 0 Å². The van der Waals surface area contributed by atoms with Gasteiger partial charge in [0.05, 0.1) is 10.6 Å². The predicted molar refractivity (Wildman–Crippen MR) is 45.2 cm³/mol. The molecule has 0 aromatic carbocycles. The average Bonchev–Trinajstić information content (AvgIpc) is 2.16. The van der Waals surface area contributed by atoms with Gasteiger partial charge in [0.15, 0.2) is 0 Å². The summed E-state index contributed by atoms with van der Waals surface area (Å²) >= 11 is 5.25. The SMILES string of the molecule is OCC(F)(F)c1ncc(C(F)(F)F)cc1Cl. The number of alkyl halides is 5. The number of aliphatic hydroxyl groups is 1. The summed E-state index contributed by atoms with van der Waals surface area (Å²) in [6.45, 7) is -1.58. The van der Waals surface area contributed by atoms with E-state index in [2.05, 4.69) is 4.98 Å². The summed E-state index contributed by atoms with van der Waals surface area (Å²) in [6.07, 6.45) is -4.46. The second-order valence-corrected chi connectivity index (χ2v) is 3.32. The van der Waals surface area contributed by atoms with Crippen LogP contribution >= 0.6 is 11.6 Å². The van der Waals surface area contributed by atoms with Crippen LogP contribution in [0.3, 0.4) is 0 Å². The van der Waals surface area contributed by atoms with Crippen LogP contribution in [-0.2, 0) is 12.1 Å². The van der Waals surface area contributed by atoms with Crippen LogP contribution in [0.1, 0.15) is 11.3 Å². The maximum absolute atomic E-state index is 12.9. The Bertz CT molecular complexity index is 393. The molecular formula is C8H5ClF5NO. The monoisotopic (exact) mass is 261 g/mol. The Morgan fingerprint density at radius 2 is 1.81 bits per heavy atom. The highest BCUT2D eigenvalue weighted by Gasteiger charge is 2.37. The maximum atomic E-state index is 12.9. The summed E-state index contributed by atoms with van der Waals surface area (Å²) in [4.78, 5) is 2.93. The molecule has 0 amide bonds. The first-order valence-electron chi connectivity index (χ1n) is 3.90. The number of pyridine rings is 1. The van der Waals surface area contributed by atoms with Crippen LogP contribution in [-0.4, -0.2) is 16.7 Å². The van der Waals surface area contributed by atoms with Gasteiger partial charge in [-0.1, -0.05) is 11.6 Å². The zero-order valence-electron chi connectivity index (χ0n) is 7.52. The minimum atomic E-state index is -4.70. The molecule has 1 heterocycles. The molecule has 0 aliphatic carbocycles. The lowest BCUT2D eigenvalue weighted by Crippen LogP contribution is -2.21. The lowest BCUT2D eigenvalue weighted by molar-refractivity contribution is -0.138. The topological polar surface area (TPSA) is 33.1 Å². The zero-order chi connectivity index (χ0) is 12.6. The first-order valence-corrected chi connectivity index (χ1v) is 4.28. The van der Waals surface area contributed by atoms with Crippen LogP contribution in [0.15, 0.2) is 12.3 Å². The van der Waals surface area contributed by atoms with E-state index in [4.69, 9.17) is 16.7 Å². The Labute approximate surface area is 91.7 Å². The van der Waals surface area contributed by atoms with Crippen molar-refractivity contribution in [1.82, 2.24) is 4.98 Å². The number of nitrogens with zero attached hydrogens (tertiary/aromatic N) is 1. The number of halogens is 6. The second-order valence-electron chi connectivity index (χ2n) is 2.91. The Hall–Kier alpha value is -0.950. The van der Waals surface area contributed by atoms with Gasteiger partial charge in [-0.25, -0.2) is 0 Å². The largest absolute Gasteiger partial charge is 0.417 e. The Kier molecular flexibility index (Phi) is 3.39. The van der Waals surface area contributed by atoms with Crippen LogP contribution in [0.5, 0.6) is 0 Å². The van der Waals surface area contributed by atoms with Gasteiger partial charge in [-0.2, -0.15) is 22.0 Å². The first-order chi connectivity index (χ1) is 7.18. The Balaban J connectivity index is 3.20. The summed E-state index contributed by atoms with van der Waals surface area (Å²) in [5.41, 5.74) is -2.31. The molecule has 16 heavy (non-hydrogen) atoms. The van der Waals surface area contributed by atoms with Crippen molar-refractivity contribution in [3.8, 4) is 0 Å². The van der Waals surface area contributed by atoms with Gasteiger partial charge >= 0.3 is 12.1 Å². The van der Waals surface area contributed by atoms with E-state index in [0.717, 1.165) is 0 Å². The summed E-state index contributed by atoms with van der Waals surface area (Å²) < 4.78 is 62.2. The molecule has 0 aliphatic heterocycles. The van der Waals surface area contributed by atoms with Crippen LogP contribution in [0.4, 0.5) is 22.0 Å². The van der Waals surface area contributed by atoms with Crippen molar-refractivity contribution < 1.29 is 27.1 Å². The fourth-order valence-electron chi connectivity index (χ4n) is 0.937. The third kappa shape index (κ3) is 2.59. The molecule has 0 atom stereocenters. The van der Waals surface area contributed by atoms with Crippen molar-refractivity contribution in [2.24, 2.45) is 0 Å². The van der Waals surface area contributed by atoms with Crippen LogP contribution in [0.25, 0.3) is 0 Å². The van der Waals surface area contributed by atoms with Crippen molar-refractivity contribution in [1.29, 1.82) is 0 Å². The molecular weight excluding hydrogens is 257 g/mol. The Morgan fingerprint density at radius 1 is 1.25 bits per heavy atom. The lowest BCUT2D eigenvalue weighted by Gasteiger charge is -2.15. The molecule has 2 nitrogen and oxygen atoms in total. The first kappa shape index (κ1) is 13.1. The van der Waals surface area contributed by atoms with Crippen molar-refractivity contribution in [3.05, 3.63) is 28.5 Å². The van der Waals surface area contributed by atoms with Gasteiger partial charge in [-0.05, 0) is 6.07 Å². The molecule has 0 aliphatic rings. The number of hydrogen-bond acceptors (Lipinski definition) is 2. The van der Waals surface area contributed by atoms with Gasteiger partial charge in [-0.3, -0.25) is 4.98 Å². The molecule has 0 spiro atoms. The van der Waals surface area contributed by atoms with Crippen molar-refractivity contribution in [2.75, 3.05) is 6.61 Å². The highest BCUT2D eigenvalue weighted by Crippen LogP contribution is 2.35. The third-order valence-corrected chi connectivity index (χ3v) is 2.00. The fourth-order valence-corrected chi connectivity index (χ4v) is 1.24.